The minimum atomic E-state index is 0.674. The third-order valence-electron chi connectivity index (χ3n) is 2.67. The molecule has 0 radical (unpaired) electrons. The molecule has 1 aromatic heterocycles. The van der Waals surface area contributed by atoms with Crippen molar-refractivity contribution in [1.82, 2.24) is 9.78 Å². The average molecular weight is 227 g/mol. The van der Waals surface area contributed by atoms with E-state index in [1.54, 1.807) is 0 Å². The maximum absolute atomic E-state index is 8.87. The van der Waals surface area contributed by atoms with Gasteiger partial charge in [-0.1, -0.05) is 6.07 Å². The van der Waals surface area contributed by atoms with Crippen molar-refractivity contribution in [1.29, 1.82) is 5.26 Å². The van der Waals surface area contributed by atoms with E-state index in [2.05, 4.69) is 11.2 Å². The molecule has 0 spiro atoms. The Morgan fingerprint density at radius 3 is 3.19 bits per heavy atom. The Morgan fingerprint density at radius 2 is 2.31 bits per heavy atom. The van der Waals surface area contributed by atoms with Crippen molar-refractivity contribution in [2.75, 3.05) is 0 Å². The smallest absolute Gasteiger partial charge is 0.0992 e. The van der Waals surface area contributed by atoms with Crippen molar-refractivity contribution in [3.05, 3.63) is 47.3 Å². The summed E-state index contributed by atoms with van der Waals surface area (Å²) in [5.74, 6) is 2.05. The summed E-state index contributed by atoms with van der Waals surface area (Å²) in [6, 6.07) is 9.71. The number of hydrogen-bond acceptors (Lipinski definition) is 3. The van der Waals surface area contributed by atoms with Crippen LogP contribution < -0.4 is 0 Å². The number of aromatic nitrogens is 2. The van der Waals surface area contributed by atoms with Crippen molar-refractivity contribution in [2.24, 2.45) is 0 Å². The van der Waals surface area contributed by atoms with Gasteiger partial charge in [0.2, 0.25) is 0 Å². The highest BCUT2D eigenvalue weighted by molar-refractivity contribution is 7.98. The van der Waals surface area contributed by atoms with E-state index in [1.807, 2.05) is 46.9 Å². The van der Waals surface area contributed by atoms with Gasteiger partial charge < -0.3 is 0 Å². The third-order valence-corrected chi connectivity index (χ3v) is 3.66. The highest BCUT2D eigenvalue weighted by Gasteiger charge is 2.17. The zero-order valence-electron chi connectivity index (χ0n) is 8.55. The van der Waals surface area contributed by atoms with Crippen LogP contribution in [0, 0.1) is 11.3 Å². The molecule has 16 heavy (non-hydrogen) atoms. The van der Waals surface area contributed by atoms with Crippen molar-refractivity contribution < 1.29 is 0 Å². The quantitative estimate of drug-likeness (QED) is 0.751. The second-order valence-electron chi connectivity index (χ2n) is 3.68. The topological polar surface area (TPSA) is 41.6 Å². The largest absolute Gasteiger partial charge is 0.237 e. The van der Waals surface area contributed by atoms with Crippen LogP contribution >= 0.6 is 11.8 Å². The molecule has 2 heterocycles. The molecule has 78 valence electrons. The van der Waals surface area contributed by atoms with Crippen molar-refractivity contribution in [3.8, 4) is 11.8 Å². The van der Waals surface area contributed by atoms with E-state index in [0.717, 1.165) is 17.2 Å². The van der Waals surface area contributed by atoms with E-state index in [-0.39, 0.29) is 0 Å². The van der Waals surface area contributed by atoms with Crippen molar-refractivity contribution in [3.63, 3.8) is 0 Å². The summed E-state index contributed by atoms with van der Waals surface area (Å²) in [6.45, 7) is 0. The van der Waals surface area contributed by atoms with E-state index in [4.69, 9.17) is 5.26 Å². The average Bonchev–Trinajstić information content (AvgIpc) is 2.90. The maximum atomic E-state index is 8.87. The van der Waals surface area contributed by atoms with Gasteiger partial charge in [0.1, 0.15) is 0 Å². The predicted octanol–water partition coefficient (Wildman–Crippen LogP) is 2.49. The first-order valence-electron chi connectivity index (χ1n) is 5.02. The van der Waals surface area contributed by atoms with E-state index in [1.165, 1.54) is 11.3 Å². The summed E-state index contributed by atoms with van der Waals surface area (Å²) in [5.41, 5.74) is 4.22. The Kier molecular flexibility index (Phi) is 2.19. The van der Waals surface area contributed by atoms with E-state index in [0.29, 0.717) is 5.56 Å². The number of thioether (sulfide) groups is 1. The normalized spacial score (nSPS) is 13.4. The fourth-order valence-corrected chi connectivity index (χ4v) is 2.93. The van der Waals surface area contributed by atoms with Gasteiger partial charge >= 0.3 is 0 Å². The van der Waals surface area contributed by atoms with Gasteiger partial charge in [-0.3, -0.25) is 0 Å². The zero-order chi connectivity index (χ0) is 11.0. The Hall–Kier alpha value is -1.73. The van der Waals surface area contributed by atoms with Crippen molar-refractivity contribution in [2.45, 2.75) is 11.5 Å². The summed E-state index contributed by atoms with van der Waals surface area (Å²) in [4.78, 5) is 0. The van der Waals surface area contributed by atoms with Gasteiger partial charge in [0.25, 0.3) is 0 Å². The summed E-state index contributed by atoms with van der Waals surface area (Å²) in [5, 5.41) is 13.2. The zero-order valence-corrected chi connectivity index (χ0v) is 9.37. The fraction of sp³-hybridized carbons (Fsp3) is 0.167. The van der Waals surface area contributed by atoms with Crippen LogP contribution in [0.2, 0.25) is 0 Å². The molecule has 3 nitrogen and oxygen atoms in total. The molecule has 0 amide bonds. The lowest BCUT2D eigenvalue weighted by Crippen LogP contribution is -2.00. The van der Waals surface area contributed by atoms with Crippen LogP contribution in [0.5, 0.6) is 0 Å². The minimum absolute atomic E-state index is 0.674. The van der Waals surface area contributed by atoms with Crippen LogP contribution in [0.3, 0.4) is 0 Å². The van der Waals surface area contributed by atoms with Crippen LogP contribution in [0.4, 0.5) is 0 Å². The van der Waals surface area contributed by atoms with Crippen LogP contribution in [-0.2, 0) is 11.5 Å². The molecular weight excluding hydrogens is 218 g/mol. The number of nitrogens with zero attached hydrogens (tertiary/aromatic N) is 3. The number of rotatable bonds is 1. The summed E-state index contributed by atoms with van der Waals surface area (Å²) in [7, 11) is 0. The van der Waals surface area contributed by atoms with E-state index >= 15 is 0 Å². The van der Waals surface area contributed by atoms with Crippen LogP contribution in [-0.4, -0.2) is 9.78 Å². The highest BCUT2D eigenvalue weighted by Crippen LogP contribution is 2.30. The number of hydrogen-bond donors (Lipinski definition) is 0. The van der Waals surface area contributed by atoms with Gasteiger partial charge in [-0.25, -0.2) is 4.68 Å². The molecule has 0 fully saturated rings. The SMILES string of the molecule is N#Cc1cccc(-n2ncc3c2CSC3)c1. The lowest BCUT2D eigenvalue weighted by molar-refractivity contribution is 0.842. The predicted molar refractivity (Wildman–Crippen MR) is 63.3 cm³/mol. The van der Waals surface area contributed by atoms with Crippen molar-refractivity contribution >= 4 is 11.8 Å². The molecule has 0 N–H and O–H groups in total. The number of benzene rings is 1. The fourth-order valence-electron chi connectivity index (χ4n) is 1.87. The Labute approximate surface area is 97.7 Å². The molecular formula is C12H9N3S. The Balaban J connectivity index is 2.12. The number of nitriles is 1. The molecule has 1 aromatic carbocycles. The summed E-state index contributed by atoms with van der Waals surface area (Å²) < 4.78 is 1.94. The van der Waals surface area contributed by atoms with Crippen LogP contribution in [0.1, 0.15) is 16.8 Å². The molecule has 0 saturated carbocycles. The summed E-state index contributed by atoms with van der Waals surface area (Å²) >= 11 is 1.90. The lowest BCUT2D eigenvalue weighted by Gasteiger charge is -2.05. The maximum Gasteiger partial charge on any atom is 0.0992 e. The molecule has 0 saturated heterocycles. The Morgan fingerprint density at radius 1 is 1.38 bits per heavy atom. The highest BCUT2D eigenvalue weighted by atomic mass is 32.2. The number of fused-ring (bicyclic) bond motifs is 1. The van der Waals surface area contributed by atoms with Crippen LogP contribution in [0.15, 0.2) is 30.5 Å². The molecule has 4 heteroatoms. The van der Waals surface area contributed by atoms with E-state index < -0.39 is 0 Å². The molecule has 1 aliphatic rings. The van der Waals surface area contributed by atoms with Gasteiger partial charge in [0, 0.05) is 17.1 Å². The molecule has 1 aliphatic heterocycles. The van der Waals surface area contributed by atoms with Gasteiger partial charge in [-0.05, 0) is 18.2 Å². The molecule has 2 aromatic rings. The van der Waals surface area contributed by atoms with Gasteiger partial charge in [0.05, 0.1) is 29.2 Å². The monoisotopic (exact) mass is 227 g/mol. The molecule has 3 rings (SSSR count). The first kappa shape index (κ1) is 9.49. The Bertz CT molecular complexity index is 580. The van der Waals surface area contributed by atoms with Gasteiger partial charge in [-0.15, -0.1) is 0 Å². The first-order chi connectivity index (χ1) is 7.88. The summed E-state index contributed by atoms with van der Waals surface area (Å²) in [6.07, 6.45) is 1.92. The molecule has 0 atom stereocenters. The second-order valence-corrected chi connectivity index (χ2v) is 4.67. The molecule has 0 aliphatic carbocycles. The van der Waals surface area contributed by atoms with Crippen LogP contribution in [0.25, 0.3) is 5.69 Å². The van der Waals surface area contributed by atoms with Gasteiger partial charge in [0.15, 0.2) is 0 Å². The first-order valence-corrected chi connectivity index (χ1v) is 6.18. The molecule has 0 unspecified atom stereocenters. The standard InChI is InChI=1S/C12H9N3S/c13-5-9-2-1-3-11(4-9)15-12-8-16-7-10(12)6-14-15/h1-4,6H,7-8H2. The molecule has 0 bridgehead atoms. The minimum Gasteiger partial charge on any atom is -0.237 e. The lowest BCUT2D eigenvalue weighted by atomic mass is 10.2. The third kappa shape index (κ3) is 1.41. The van der Waals surface area contributed by atoms with Gasteiger partial charge in [-0.2, -0.15) is 22.1 Å². The second kappa shape index (κ2) is 3.69. The van der Waals surface area contributed by atoms with E-state index in [9.17, 15) is 0 Å².